The largest absolute Gasteiger partial charge is 0.310 e. The van der Waals surface area contributed by atoms with Gasteiger partial charge in [-0.3, -0.25) is 0 Å². The van der Waals surface area contributed by atoms with Gasteiger partial charge in [-0.15, -0.1) is 0 Å². The Labute approximate surface area is 792 Å². The van der Waals surface area contributed by atoms with Crippen LogP contribution in [0.3, 0.4) is 0 Å². The average molecular weight is 1740 g/mol. The molecule has 0 atom stereocenters. The molecule has 20 aromatic rings. The molecule has 4 aromatic heterocycles. The van der Waals surface area contributed by atoms with Gasteiger partial charge >= 0.3 is 0 Å². The lowest BCUT2D eigenvalue weighted by molar-refractivity contribution is 0.620. The van der Waals surface area contributed by atoms with Crippen molar-refractivity contribution < 1.29 is 0 Å². The van der Waals surface area contributed by atoms with Gasteiger partial charge in [0.2, 0.25) is 26.9 Å². The van der Waals surface area contributed by atoms with Crippen molar-refractivity contribution in [3.63, 3.8) is 0 Å². The fourth-order valence-corrected chi connectivity index (χ4v) is 30.5. The van der Waals surface area contributed by atoms with Crippen molar-refractivity contribution in [2.24, 2.45) is 0 Å². The number of para-hydroxylation sites is 4. The van der Waals surface area contributed by atoms with Crippen molar-refractivity contribution in [3.05, 3.63) is 378 Å². The molecule has 16 heterocycles. The fourth-order valence-electron chi connectivity index (χ4n) is 30.5. The first kappa shape index (κ1) is 78.4. The van der Waals surface area contributed by atoms with Crippen molar-refractivity contribution in [1.82, 2.24) is 18.3 Å². The summed E-state index contributed by atoms with van der Waals surface area (Å²) < 4.78 is 9.79. The molecule has 0 N–H and O–H groups in total. The highest BCUT2D eigenvalue weighted by molar-refractivity contribution is 7.02. The molecular formula is C124H92B4N8. The van der Waals surface area contributed by atoms with Crippen LogP contribution in [0.15, 0.2) is 267 Å². The number of aromatic nitrogens is 4. The predicted octanol–water partition coefficient (Wildman–Crippen LogP) is 19.1. The minimum atomic E-state index is -0.250. The normalized spacial score (nSPS) is 17.2. The van der Waals surface area contributed by atoms with E-state index in [1.54, 1.807) is 0 Å². The minimum absolute atomic E-state index is 0.0790. The van der Waals surface area contributed by atoms with Gasteiger partial charge in [-0.25, -0.2) is 0 Å². The molecule has 16 aromatic carbocycles. The van der Waals surface area contributed by atoms with Crippen molar-refractivity contribution in [1.29, 1.82) is 21.0 Å². The second kappa shape index (κ2) is 24.9. The Morgan fingerprint density at radius 3 is 0.941 bits per heavy atom. The molecule has 32 rings (SSSR count). The van der Waals surface area contributed by atoms with Gasteiger partial charge in [0, 0.05) is 126 Å². The van der Waals surface area contributed by atoms with E-state index in [-0.39, 0.29) is 70.2 Å². The van der Waals surface area contributed by atoms with Gasteiger partial charge in [0.25, 0.3) is 0 Å². The Morgan fingerprint density at radius 2 is 0.500 bits per heavy atom. The van der Waals surface area contributed by atoms with E-state index in [2.05, 4.69) is 396 Å². The summed E-state index contributed by atoms with van der Waals surface area (Å²) in [6.45, 7) is 38.6. The highest BCUT2D eigenvalue weighted by atomic mass is 15.0. The molecule has 640 valence electrons. The first-order valence-electron chi connectivity index (χ1n) is 48.6. The van der Waals surface area contributed by atoms with Crippen LogP contribution in [0.2, 0.25) is 0 Å². The lowest BCUT2D eigenvalue weighted by Crippen LogP contribution is -2.68. The van der Waals surface area contributed by atoms with Crippen molar-refractivity contribution in [2.75, 3.05) is 0 Å². The van der Waals surface area contributed by atoms with E-state index in [4.69, 9.17) is 0 Å². The molecule has 0 aliphatic carbocycles. The van der Waals surface area contributed by atoms with E-state index >= 15 is 0 Å². The Hall–Kier alpha value is -15.1. The summed E-state index contributed by atoms with van der Waals surface area (Å²) in [6, 6.07) is 109. The van der Waals surface area contributed by atoms with Crippen LogP contribution in [-0.4, -0.2) is 45.1 Å². The number of benzene rings is 16. The van der Waals surface area contributed by atoms with Crippen LogP contribution in [-0.2, 0) is 43.3 Å². The van der Waals surface area contributed by atoms with Crippen molar-refractivity contribution in [2.45, 2.75) is 154 Å². The van der Waals surface area contributed by atoms with Gasteiger partial charge in [-0.2, -0.15) is 21.0 Å². The first-order chi connectivity index (χ1) is 65.5. The van der Waals surface area contributed by atoms with E-state index in [1.807, 2.05) is 24.3 Å². The number of hydrogen-bond donors (Lipinski definition) is 0. The van der Waals surface area contributed by atoms with E-state index in [0.29, 0.717) is 0 Å². The van der Waals surface area contributed by atoms with Crippen LogP contribution < -0.4 is 65.6 Å². The molecule has 12 aliphatic rings. The van der Waals surface area contributed by atoms with Gasteiger partial charge in [-0.1, -0.05) is 339 Å². The Balaban J connectivity index is 0.0000000879. The van der Waals surface area contributed by atoms with Crippen LogP contribution in [0.1, 0.15) is 222 Å². The smallest absolute Gasteiger partial charge is 0.248 e. The lowest BCUT2D eigenvalue weighted by atomic mass is 9.26. The molecular weight excluding hydrogens is 1640 g/mol. The van der Waals surface area contributed by atoms with E-state index in [9.17, 15) is 21.0 Å². The summed E-state index contributed by atoms with van der Waals surface area (Å²) in [5.74, 6) is 0. The van der Waals surface area contributed by atoms with E-state index < -0.39 is 0 Å². The van der Waals surface area contributed by atoms with Gasteiger partial charge in [-0.05, 0) is 193 Å². The maximum Gasteiger partial charge on any atom is 0.248 e. The fraction of sp³-hybridized carbons (Fsp3) is 0.194. The molecule has 0 amide bonds. The summed E-state index contributed by atoms with van der Waals surface area (Å²) in [7, 11) is 0. The third kappa shape index (κ3) is 8.71. The molecule has 8 nitrogen and oxygen atoms in total. The lowest BCUT2D eigenvalue weighted by Gasteiger charge is -2.49. The van der Waals surface area contributed by atoms with E-state index in [0.717, 1.165) is 33.5 Å². The molecule has 0 bridgehead atoms. The topological polar surface area (TPSA) is 115 Å². The van der Waals surface area contributed by atoms with Crippen LogP contribution in [0.5, 0.6) is 0 Å². The molecule has 0 fully saturated rings. The maximum atomic E-state index is 10.3. The zero-order chi connectivity index (χ0) is 92.6. The van der Waals surface area contributed by atoms with Crippen LogP contribution in [0.4, 0.5) is 0 Å². The van der Waals surface area contributed by atoms with Gasteiger partial charge in [0.15, 0.2) is 0 Å². The predicted molar refractivity (Wildman–Crippen MR) is 563 cm³/mol. The molecule has 0 saturated heterocycles. The van der Waals surface area contributed by atoms with Gasteiger partial charge in [0.1, 0.15) is 12.1 Å². The number of rotatable bonds is 0. The molecule has 0 spiro atoms. The Bertz CT molecular complexity index is 9430. The molecule has 0 radical (unpaired) electrons. The molecule has 12 aliphatic heterocycles. The third-order valence-corrected chi connectivity index (χ3v) is 36.3. The zero-order valence-corrected chi connectivity index (χ0v) is 79.3. The zero-order valence-electron chi connectivity index (χ0n) is 79.3. The number of nitrogens with zero attached hydrogens (tertiary/aromatic N) is 8. The van der Waals surface area contributed by atoms with Gasteiger partial charge in [0.05, 0.1) is 62.1 Å². The summed E-state index contributed by atoms with van der Waals surface area (Å²) in [6.07, 6.45) is 0. The quantitative estimate of drug-likeness (QED) is 0.141. The summed E-state index contributed by atoms with van der Waals surface area (Å²) in [5, 5.41) is 50.8. The standard InChI is InChI=1S/4C31H23BN2/c1-30(2)20-10-6-11-21-25(20)32-26-22(30)12-7-13-24(26)34-28-17(16-33)8-5-9-18(28)19-14-15-23(31(21,3)4)27(32)29(19)34;1-30(2)20-9-7-10-21-26(20)32-27-22(30)14-13-19-18-8-5-6-11-23(18)34(29(19)27)24-15-12-17(16-33)25(28(24)32)31(21,3)4;1-30(2)20-9-7-10-21-25(20)32-26-22(30)14-12-17(16-33)28(26)34-24-11-6-5-8-18(24)19-13-15-23(31(21,3)4)27(32)29(19)34;1-30(2)20-9-7-10-21-26(20)32-27-23(31(21,3)4)14-17(16-33)15-25(27)34-24-11-6-5-8-18(24)19-12-13-22(30)28(32)29(19)34/h4*5-15H,1-4H3. The highest BCUT2D eigenvalue weighted by Crippen LogP contribution is 2.54. The minimum Gasteiger partial charge on any atom is -0.310 e. The van der Waals surface area contributed by atoms with Crippen molar-refractivity contribution in [3.8, 4) is 47.0 Å². The first-order valence-corrected chi connectivity index (χ1v) is 48.6. The molecule has 12 heteroatoms. The monoisotopic (exact) mass is 1740 g/mol. The molecule has 136 heavy (non-hydrogen) atoms. The number of fused-ring (bicyclic) bond motifs is 16. The summed E-state index contributed by atoms with van der Waals surface area (Å²) in [5.41, 5.74) is 56.3. The van der Waals surface area contributed by atoms with Crippen LogP contribution >= 0.6 is 0 Å². The maximum absolute atomic E-state index is 10.3. The molecule has 0 unspecified atom stereocenters. The van der Waals surface area contributed by atoms with Gasteiger partial charge < -0.3 is 18.3 Å². The van der Waals surface area contributed by atoms with Crippen LogP contribution in [0.25, 0.3) is 110 Å². The second-order valence-corrected chi connectivity index (χ2v) is 45.1. The number of hydrogen-bond acceptors (Lipinski definition) is 4. The SMILES string of the molecule is CC1(C)c2cc(C#N)cc3c2B2c4c1cccc4C(C)(C)c1ccc4c5ccccc5n-3c4c12.CC1(C)c2cccc3c2B2c4c(ccc(C#N)c4C3(C)C)-n3c4ccccc4c4ccc1c2c43.CC1(C)c2cccc3c2B2c4c1ccc(C#N)c4-n1c4ccccc4c4ccc(c2c41)C3(C)C.CC1(C)c2cccc3c2B2c4c1cccc4C(C)(C)c1ccc4c5cccc(C#N)c5n-3c4c12. The Kier molecular flexibility index (Phi) is 14.4. The Morgan fingerprint density at radius 1 is 0.199 bits per heavy atom. The highest BCUT2D eigenvalue weighted by Gasteiger charge is 2.59. The second-order valence-electron chi connectivity index (χ2n) is 45.1. The summed E-state index contributed by atoms with van der Waals surface area (Å²) in [4.78, 5) is 0. The molecule has 0 saturated carbocycles. The number of nitriles is 4. The van der Waals surface area contributed by atoms with E-state index in [1.165, 1.54) is 253 Å². The van der Waals surface area contributed by atoms with Crippen LogP contribution in [0, 0.1) is 45.3 Å². The van der Waals surface area contributed by atoms with Crippen molar-refractivity contribution >= 4 is 180 Å². The summed E-state index contributed by atoms with van der Waals surface area (Å²) >= 11 is 0. The third-order valence-electron chi connectivity index (χ3n) is 36.3. The average Bonchev–Trinajstić information content (AvgIpc) is 1.54.